The van der Waals surface area contributed by atoms with Crippen LogP contribution in [-0.2, 0) is 16.6 Å². The lowest BCUT2D eigenvalue weighted by molar-refractivity contribution is -0.122. The van der Waals surface area contributed by atoms with E-state index in [1.165, 1.54) is 12.8 Å². The molecule has 0 saturated heterocycles. The molecule has 1 spiro atoms. The number of rotatable bonds is 1. The second-order valence-corrected chi connectivity index (χ2v) is 6.85. The molecule has 120 valence electrons. The van der Waals surface area contributed by atoms with E-state index in [0.29, 0.717) is 11.8 Å². The second kappa shape index (κ2) is 4.72. The van der Waals surface area contributed by atoms with Gasteiger partial charge in [-0.25, -0.2) is 0 Å². The van der Waals surface area contributed by atoms with E-state index in [1.807, 2.05) is 18.3 Å². The number of aromatic nitrogens is 2. The average Bonchev–Trinajstić information content (AvgIpc) is 3.40. The summed E-state index contributed by atoms with van der Waals surface area (Å²) >= 11 is 0. The van der Waals surface area contributed by atoms with Crippen LogP contribution in [0.2, 0.25) is 0 Å². The number of hydrogen-bond acceptors (Lipinski definition) is 4. The first-order valence-corrected chi connectivity index (χ1v) is 8.50. The predicted molar refractivity (Wildman–Crippen MR) is 90.2 cm³/mol. The van der Waals surface area contributed by atoms with Gasteiger partial charge in [0.05, 0.1) is 0 Å². The van der Waals surface area contributed by atoms with E-state index in [4.69, 9.17) is 0 Å². The summed E-state index contributed by atoms with van der Waals surface area (Å²) in [7, 11) is 1.80. The molecule has 2 aliphatic carbocycles. The first-order valence-electron chi connectivity index (χ1n) is 8.50. The largest absolute Gasteiger partial charge is 0.372 e. The highest BCUT2D eigenvalue weighted by atomic mass is 16.1. The zero-order chi connectivity index (χ0) is 16.3. The van der Waals surface area contributed by atoms with Gasteiger partial charge < -0.3 is 5.32 Å². The summed E-state index contributed by atoms with van der Waals surface area (Å²) in [5.74, 6) is 1.08. The maximum absolute atomic E-state index is 13.1. The van der Waals surface area contributed by atoms with Gasteiger partial charge in [0.15, 0.2) is 0 Å². The lowest BCUT2D eigenvalue weighted by atomic mass is 9.71. The first kappa shape index (κ1) is 13.8. The molecule has 3 aliphatic rings. The van der Waals surface area contributed by atoms with Crippen LogP contribution in [0.3, 0.4) is 0 Å². The van der Waals surface area contributed by atoms with Crippen molar-refractivity contribution < 1.29 is 4.79 Å². The molecule has 5 nitrogen and oxygen atoms in total. The molecule has 5 rings (SSSR count). The van der Waals surface area contributed by atoms with E-state index < -0.39 is 5.41 Å². The minimum atomic E-state index is -0.689. The van der Waals surface area contributed by atoms with E-state index in [0.717, 1.165) is 40.9 Å². The third-order valence-corrected chi connectivity index (χ3v) is 5.54. The van der Waals surface area contributed by atoms with E-state index >= 15 is 0 Å². The molecule has 5 heteroatoms. The van der Waals surface area contributed by atoms with Gasteiger partial charge in [0.1, 0.15) is 11.3 Å². The molecule has 1 amide bonds. The van der Waals surface area contributed by atoms with Gasteiger partial charge >= 0.3 is 0 Å². The summed E-state index contributed by atoms with van der Waals surface area (Å²) < 4.78 is 0. The van der Waals surface area contributed by atoms with Gasteiger partial charge in [-0.1, -0.05) is 6.07 Å². The Labute approximate surface area is 140 Å². The maximum atomic E-state index is 13.1. The normalized spacial score (nSPS) is 24.5. The van der Waals surface area contributed by atoms with Gasteiger partial charge in [0.25, 0.3) is 5.91 Å². The van der Waals surface area contributed by atoms with Crippen LogP contribution in [-0.4, -0.2) is 28.8 Å². The summed E-state index contributed by atoms with van der Waals surface area (Å²) in [6, 6.07) is 6.10. The summed E-state index contributed by atoms with van der Waals surface area (Å²) in [5.41, 5.74) is 4.45. The van der Waals surface area contributed by atoms with Gasteiger partial charge in [-0.3, -0.25) is 14.8 Å². The molecule has 3 heterocycles. The van der Waals surface area contributed by atoms with Crippen molar-refractivity contribution in [3.63, 3.8) is 0 Å². The zero-order valence-corrected chi connectivity index (χ0v) is 13.5. The smallest absolute Gasteiger partial charge is 0.262 e. The predicted octanol–water partition coefficient (Wildman–Crippen LogP) is 2.09. The van der Waals surface area contributed by atoms with Crippen LogP contribution in [0.4, 0.5) is 0 Å². The minimum absolute atomic E-state index is 0.0842. The molecule has 24 heavy (non-hydrogen) atoms. The third kappa shape index (κ3) is 1.70. The Morgan fingerprint density at radius 2 is 2.12 bits per heavy atom. The number of fused-ring (bicyclic) bond motifs is 4. The maximum Gasteiger partial charge on any atom is 0.262 e. The molecule has 2 aromatic rings. The number of pyridine rings is 2. The number of aryl methyl sites for hydroxylation is 1. The number of hydrogen-bond donors (Lipinski definition) is 1. The summed E-state index contributed by atoms with van der Waals surface area (Å²) in [6.45, 7) is 0. The minimum Gasteiger partial charge on any atom is -0.372 e. The van der Waals surface area contributed by atoms with Crippen molar-refractivity contribution in [2.45, 2.75) is 37.0 Å². The molecule has 1 atom stereocenters. The molecule has 0 unspecified atom stereocenters. The standard InChI is InChI=1S/C19H18N4O/c1-20-17-12-10-22-16(11-4-5-11)9-14(12)19(18(24)23-17)7-6-15-13(19)3-2-8-21-15/h2-3,8-11H,4-7H2,1H3,(H,20,23,24)/t19-/m0/s1. The monoisotopic (exact) mass is 318 g/mol. The molecular weight excluding hydrogens is 300 g/mol. The van der Waals surface area contributed by atoms with E-state index in [9.17, 15) is 4.79 Å². The highest BCUT2D eigenvalue weighted by molar-refractivity contribution is 6.14. The number of carbonyl (C=O) groups excluding carboxylic acids is 1. The van der Waals surface area contributed by atoms with Crippen molar-refractivity contribution in [2.75, 3.05) is 7.05 Å². The fraction of sp³-hybridized carbons (Fsp3) is 0.368. The molecule has 1 saturated carbocycles. The fourth-order valence-corrected chi connectivity index (χ4v) is 4.15. The highest BCUT2D eigenvalue weighted by Gasteiger charge is 2.51. The molecule has 0 aromatic carbocycles. The van der Waals surface area contributed by atoms with Crippen LogP contribution in [0.25, 0.3) is 0 Å². The molecule has 1 N–H and O–H groups in total. The van der Waals surface area contributed by atoms with Gasteiger partial charge in [-0.2, -0.15) is 4.99 Å². The Kier molecular flexibility index (Phi) is 2.72. The van der Waals surface area contributed by atoms with Crippen LogP contribution in [0.15, 0.2) is 35.6 Å². The van der Waals surface area contributed by atoms with E-state index in [1.54, 1.807) is 13.2 Å². The number of aliphatic imine (C=N–C) groups is 1. The molecule has 0 bridgehead atoms. The summed E-state index contributed by atoms with van der Waals surface area (Å²) in [5, 5.41) is 3.06. The van der Waals surface area contributed by atoms with Gasteiger partial charge in [0.2, 0.25) is 0 Å². The third-order valence-electron chi connectivity index (χ3n) is 5.54. The van der Waals surface area contributed by atoms with Crippen LogP contribution >= 0.6 is 0 Å². The number of amides is 1. The molecule has 1 fully saturated rings. The molecule has 0 radical (unpaired) electrons. The summed E-state index contributed by atoms with van der Waals surface area (Å²) in [6.07, 6.45) is 7.62. The Balaban J connectivity index is 1.80. The van der Waals surface area contributed by atoms with Crippen LogP contribution in [0.1, 0.15) is 53.3 Å². The van der Waals surface area contributed by atoms with Crippen LogP contribution in [0.5, 0.6) is 0 Å². The number of nitrogens with one attached hydrogen (secondary N) is 1. The number of nitrogens with zero attached hydrogens (tertiary/aromatic N) is 3. The summed E-state index contributed by atoms with van der Waals surface area (Å²) in [4.78, 5) is 26.6. The zero-order valence-electron chi connectivity index (χ0n) is 13.5. The van der Waals surface area contributed by atoms with Gasteiger partial charge in [-0.15, -0.1) is 0 Å². The van der Waals surface area contributed by atoms with Crippen LogP contribution < -0.4 is 5.32 Å². The quantitative estimate of drug-likeness (QED) is 0.874. The van der Waals surface area contributed by atoms with Crippen molar-refractivity contribution in [2.24, 2.45) is 4.99 Å². The average molecular weight is 318 g/mol. The Bertz CT molecular complexity index is 900. The van der Waals surface area contributed by atoms with E-state index in [2.05, 4.69) is 26.3 Å². The number of carbonyl (C=O) groups is 1. The van der Waals surface area contributed by atoms with Gasteiger partial charge in [0, 0.05) is 42.3 Å². The lowest BCUT2D eigenvalue weighted by Gasteiger charge is -2.33. The van der Waals surface area contributed by atoms with Crippen molar-refractivity contribution in [1.29, 1.82) is 0 Å². The second-order valence-electron chi connectivity index (χ2n) is 6.85. The highest BCUT2D eigenvalue weighted by Crippen LogP contribution is 2.49. The van der Waals surface area contributed by atoms with Crippen molar-refractivity contribution in [3.05, 3.63) is 58.7 Å². The Morgan fingerprint density at radius 1 is 1.25 bits per heavy atom. The Hall–Kier alpha value is -2.56. The SMILES string of the molecule is CNC1=NC(=O)[C@]2(CCc3ncccc32)c2cc(C3CC3)ncc21. The van der Waals surface area contributed by atoms with Crippen molar-refractivity contribution in [1.82, 2.24) is 15.3 Å². The molecule has 1 aliphatic heterocycles. The lowest BCUT2D eigenvalue weighted by Crippen LogP contribution is -2.42. The van der Waals surface area contributed by atoms with Crippen LogP contribution in [0, 0.1) is 0 Å². The fourth-order valence-electron chi connectivity index (χ4n) is 4.15. The van der Waals surface area contributed by atoms with Gasteiger partial charge in [-0.05, 0) is 48.9 Å². The molecule has 2 aromatic heterocycles. The topological polar surface area (TPSA) is 67.2 Å². The Morgan fingerprint density at radius 3 is 2.92 bits per heavy atom. The van der Waals surface area contributed by atoms with Crippen molar-refractivity contribution >= 4 is 11.7 Å². The van der Waals surface area contributed by atoms with E-state index in [-0.39, 0.29) is 5.91 Å². The first-order chi connectivity index (χ1) is 11.7. The molecular formula is C19H18N4O. The number of amidine groups is 1. The van der Waals surface area contributed by atoms with Crippen molar-refractivity contribution in [3.8, 4) is 0 Å².